The first kappa shape index (κ1) is 22.4. The van der Waals surface area contributed by atoms with E-state index in [0.717, 1.165) is 42.6 Å². The summed E-state index contributed by atoms with van der Waals surface area (Å²) < 4.78 is 1.03. The van der Waals surface area contributed by atoms with Crippen molar-refractivity contribution >= 4 is 39.8 Å². The first-order valence-corrected chi connectivity index (χ1v) is 12.5. The van der Waals surface area contributed by atoms with Crippen molar-refractivity contribution in [2.24, 2.45) is 11.1 Å². The predicted octanol–water partition coefficient (Wildman–Crippen LogP) is 4.83. The highest BCUT2D eigenvalue weighted by atomic mass is 35.5. The molecule has 6 nitrogen and oxygen atoms in total. The van der Waals surface area contributed by atoms with Gasteiger partial charge in [-0.15, -0.1) is 0 Å². The quantitative estimate of drug-likeness (QED) is 0.407. The number of fused-ring (bicyclic) bond motifs is 2. The van der Waals surface area contributed by atoms with E-state index >= 15 is 0 Å². The Balaban J connectivity index is 1.30. The van der Waals surface area contributed by atoms with E-state index in [1.54, 1.807) is 24.3 Å². The van der Waals surface area contributed by atoms with Gasteiger partial charge in [0.15, 0.2) is 0 Å². The molecule has 0 amide bonds. The van der Waals surface area contributed by atoms with Gasteiger partial charge in [0.1, 0.15) is 0 Å². The van der Waals surface area contributed by atoms with Gasteiger partial charge in [-0.3, -0.25) is 4.79 Å². The van der Waals surface area contributed by atoms with Crippen molar-refractivity contribution in [3.63, 3.8) is 0 Å². The smallest absolute Gasteiger partial charge is 0.333 e. The van der Waals surface area contributed by atoms with E-state index in [2.05, 4.69) is 34.1 Å². The SMILES string of the molecule is N[C@@H]1c2ccccc2CC12CCN(c1ccc3c(=O)n(-c4cccc(Cl)c4Cl)c(=O)[nH]c3c1)CC2. The Kier molecular flexibility index (Phi) is 5.29. The standard InChI is InChI=1S/C27H24Cl2N4O2/c28-20-6-3-7-22(23(20)29)33-25(34)19-9-8-17(14-21(19)31-26(33)35)32-12-10-27(11-13-32)15-16-4-1-2-5-18(16)24(27)30/h1-9,14,24H,10-13,15,30H2,(H,31,35)/t24-/m1/s1. The molecule has 1 aliphatic carbocycles. The van der Waals surface area contributed by atoms with E-state index in [1.165, 1.54) is 11.1 Å². The molecule has 1 fully saturated rings. The summed E-state index contributed by atoms with van der Waals surface area (Å²) in [6.45, 7) is 1.74. The normalized spacial score (nSPS) is 18.8. The Morgan fingerprint density at radius 1 is 0.971 bits per heavy atom. The fourth-order valence-electron chi connectivity index (χ4n) is 5.80. The van der Waals surface area contributed by atoms with Crippen molar-refractivity contribution < 1.29 is 0 Å². The molecule has 2 aliphatic rings. The third-order valence-corrected chi connectivity index (χ3v) is 8.58. The molecule has 0 unspecified atom stereocenters. The van der Waals surface area contributed by atoms with Gasteiger partial charge in [-0.2, -0.15) is 0 Å². The van der Waals surface area contributed by atoms with Crippen molar-refractivity contribution in [1.82, 2.24) is 9.55 Å². The van der Waals surface area contributed by atoms with E-state index in [-0.39, 0.29) is 27.2 Å². The van der Waals surface area contributed by atoms with Crippen LogP contribution < -0.4 is 21.9 Å². The Hall–Kier alpha value is -3.06. The van der Waals surface area contributed by atoms with E-state index in [4.69, 9.17) is 28.9 Å². The summed E-state index contributed by atoms with van der Waals surface area (Å²) >= 11 is 12.4. The van der Waals surface area contributed by atoms with Crippen LogP contribution in [0, 0.1) is 5.41 Å². The van der Waals surface area contributed by atoms with Crippen molar-refractivity contribution in [3.05, 3.63) is 103 Å². The van der Waals surface area contributed by atoms with Gasteiger partial charge in [0.25, 0.3) is 5.56 Å². The van der Waals surface area contributed by atoms with Crippen molar-refractivity contribution in [2.75, 3.05) is 18.0 Å². The lowest BCUT2D eigenvalue weighted by atomic mass is 9.73. The van der Waals surface area contributed by atoms with Crippen LogP contribution >= 0.6 is 23.2 Å². The summed E-state index contributed by atoms with van der Waals surface area (Å²) in [7, 11) is 0. The summed E-state index contributed by atoms with van der Waals surface area (Å²) in [5.41, 5.74) is 10.2. The molecular weight excluding hydrogens is 483 g/mol. The zero-order chi connectivity index (χ0) is 24.3. The molecule has 3 aromatic carbocycles. The third kappa shape index (κ3) is 3.51. The summed E-state index contributed by atoms with van der Waals surface area (Å²) in [4.78, 5) is 31.3. The average Bonchev–Trinajstić information content (AvgIpc) is 3.13. The van der Waals surface area contributed by atoms with Crippen LogP contribution in [0.1, 0.15) is 30.0 Å². The number of halogens is 2. The maximum Gasteiger partial charge on any atom is 0.333 e. The number of H-pyrrole nitrogens is 1. The van der Waals surface area contributed by atoms with Crippen LogP contribution in [0.5, 0.6) is 0 Å². The summed E-state index contributed by atoms with van der Waals surface area (Å²) in [5, 5.41) is 0.845. The largest absolute Gasteiger partial charge is 0.371 e. The van der Waals surface area contributed by atoms with Gasteiger partial charge in [-0.1, -0.05) is 53.5 Å². The highest BCUT2D eigenvalue weighted by Gasteiger charge is 2.45. The van der Waals surface area contributed by atoms with Crippen LogP contribution in [0.15, 0.2) is 70.3 Å². The molecule has 0 radical (unpaired) electrons. The van der Waals surface area contributed by atoms with Crippen molar-refractivity contribution in [1.29, 1.82) is 0 Å². The average molecular weight is 507 g/mol. The number of aromatic amines is 1. The van der Waals surface area contributed by atoms with Crippen LogP contribution in [-0.4, -0.2) is 22.6 Å². The Morgan fingerprint density at radius 2 is 1.74 bits per heavy atom. The van der Waals surface area contributed by atoms with E-state index in [0.29, 0.717) is 10.9 Å². The number of hydrogen-bond donors (Lipinski definition) is 2. The van der Waals surface area contributed by atoms with Gasteiger partial charge in [0.05, 0.1) is 26.6 Å². The molecule has 1 aliphatic heterocycles. The van der Waals surface area contributed by atoms with Crippen LogP contribution in [0.25, 0.3) is 16.6 Å². The second-order valence-corrected chi connectivity index (χ2v) is 10.4. The molecule has 2 heterocycles. The number of aromatic nitrogens is 2. The zero-order valence-corrected chi connectivity index (χ0v) is 20.4. The number of nitrogens with zero attached hydrogens (tertiary/aromatic N) is 2. The van der Waals surface area contributed by atoms with Gasteiger partial charge in [-0.25, -0.2) is 9.36 Å². The molecule has 6 rings (SSSR count). The highest BCUT2D eigenvalue weighted by Crippen LogP contribution is 2.51. The van der Waals surface area contributed by atoms with Gasteiger partial charge in [-0.05, 0) is 66.1 Å². The van der Waals surface area contributed by atoms with Crippen LogP contribution in [0.4, 0.5) is 5.69 Å². The maximum atomic E-state index is 13.2. The molecule has 8 heteroatoms. The number of nitrogens with one attached hydrogen (secondary N) is 1. The van der Waals surface area contributed by atoms with Crippen LogP contribution in [-0.2, 0) is 6.42 Å². The summed E-state index contributed by atoms with van der Waals surface area (Å²) in [5.74, 6) is 0. The van der Waals surface area contributed by atoms with Crippen LogP contribution in [0.2, 0.25) is 10.0 Å². The maximum absolute atomic E-state index is 13.2. The van der Waals surface area contributed by atoms with Crippen LogP contribution in [0.3, 0.4) is 0 Å². The minimum absolute atomic E-state index is 0.0607. The van der Waals surface area contributed by atoms with E-state index < -0.39 is 11.2 Å². The van der Waals surface area contributed by atoms with E-state index in [1.807, 2.05) is 12.1 Å². The molecule has 178 valence electrons. The predicted molar refractivity (Wildman–Crippen MR) is 141 cm³/mol. The Bertz CT molecular complexity index is 1580. The van der Waals surface area contributed by atoms with Gasteiger partial charge in [0.2, 0.25) is 0 Å². The first-order chi connectivity index (χ1) is 16.9. The Labute approximate surface area is 211 Å². The molecule has 1 atom stereocenters. The number of rotatable bonds is 2. The highest BCUT2D eigenvalue weighted by molar-refractivity contribution is 6.43. The second-order valence-electron chi connectivity index (χ2n) is 9.58. The van der Waals surface area contributed by atoms with Crippen molar-refractivity contribution in [2.45, 2.75) is 25.3 Å². The number of hydrogen-bond acceptors (Lipinski definition) is 4. The number of piperidine rings is 1. The fourth-order valence-corrected chi connectivity index (χ4v) is 6.18. The number of anilines is 1. The summed E-state index contributed by atoms with van der Waals surface area (Å²) in [6, 6.07) is 19.0. The molecular formula is C27H24Cl2N4O2. The van der Waals surface area contributed by atoms with Gasteiger partial charge in [0, 0.05) is 24.8 Å². The molecule has 35 heavy (non-hydrogen) atoms. The molecule has 4 aromatic rings. The lowest BCUT2D eigenvalue weighted by Crippen LogP contribution is -2.44. The molecule has 0 bridgehead atoms. The molecule has 3 N–H and O–H groups in total. The zero-order valence-electron chi connectivity index (χ0n) is 18.9. The molecule has 1 aromatic heterocycles. The monoisotopic (exact) mass is 506 g/mol. The molecule has 0 saturated carbocycles. The molecule has 1 spiro atoms. The fraction of sp³-hybridized carbons (Fsp3) is 0.259. The first-order valence-electron chi connectivity index (χ1n) is 11.7. The minimum Gasteiger partial charge on any atom is -0.371 e. The summed E-state index contributed by atoms with van der Waals surface area (Å²) in [6.07, 6.45) is 3.01. The molecule has 1 saturated heterocycles. The van der Waals surface area contributed by atoms with Gasteiger partial charge < -0.3 is 15.6 Å². The second kappa shape index (κ2) is 8.26. The topological polar surface area (TPSA) is 84.1 Å². The van der Waals surface area contributed by atoms with Gasteiger partial charge >= 0.3 is 5.69 Å². The minimum atomic E-state index is -0.559. The van der Waals surface area contributed by atoms with E-state index in [9.17, 15) is 9.59 Å². The number of benzene rings is 3. The van der Waals surface area contributed by atoms with Crippen molar-refractivity contribution in [3.8, 4) is 5.69 Å². The lowest BCUT2D eigenvalue weighted by molar-refractivity contribution is 0.188. The Morgan fingerprint density at radius 3 is 2.51 bits per heavy atom. The third-order valence-electron chi connectivity index (χ3n) is 7.77. The lowest BCUT2D eigenvalue weighted by Gasteiger charge is -2.43. The number of nitrogens with two attached hydrogens (primary N) is 1.